The quantitative estimate of drug-likeness (QED) is 0.567. The molecule has 0 atom stereocenters. The van der Waals surface area contributed by atoms with E-state index in [2.05, 4.69) is 4.98 Å². The van der Waals surface area contributed by atoms with Gasteiger partial charge in [0.05, 0.1) is 11.7 Å². The Hall–Kier alpha value is -1.68. The van der Waals surface area contributed by atoms with E-state index in [1.54, 1.807) is 19.4 Å². The summed E-state index contributed by atoms with van der Waals surface area (Å²) in [5.74, 6) is 0.968. The maximum Gasteiger partial charge on any atom is 0.152 e. The van der Waals surface area contributed by atoms with E-state index in [1.807, 2.05) is 16.7 Å². The van der Waals surface area contributed by atoms with Gasteiger partial charge in [-0.15, -0.1) is 0 Å². The van der Waals surface area contributed by atoms with Crippen LogP contribution < -0.4 is 0 Å². The SMILES string of the molecule is COCCCc1ncc2c(C=O)cccn12. The smallest absolute Gasteiger partial charge is 0.152 e. The second-order valence-corrected chi connectivity index (χ2v) is 3.61. The number of pyridine rings is 1. The molecule has 0 aromatic carbocycles. The number of imidazole rings is 1. The molecule has 16 heavy (non-hydrogen) atoms. The second kappa shape index (κ2) is 4.90. The summed E-state index contributed by atoms with van der Waals surface area (Å²) in [5, 5.41) is 0. The van der Waals surface area contributed by atoms with Crippen molar-refractivity contribution in [2.24, 2.45) is 0 Å². The molecule has 0 saturated heterocycles. The first-order valence-electron chi connectivity index (χ1n) is 5.26. The van der Waals surface area contributed by atoms with Crippen molar-refractivity contribution in [3.05, 3.63) is 35.9 Å². The van der Waals surface area contributed by atoms with Crippen molar-refractivity contribution < 1.29 is 9.53 Å². The molecule has 0 N–H and O–H groups in total. The van der Waals surface area contributed by atoms with Crippen LogP contribution in [0.4, 0.5) is 0 Å². The molecule has 4 nitrogen and oxygen atoms in total. The highest BCUT2D eigenvalue weighted by atomic mass is 16.5. The predicted molar refractivity (Wildman–Crippen MR) is 60.8 cm³/mol. The second-order valence-electron chi connectivity index (χ2n) is 3.61. The number of carbonyl (C=O) groups is 1. The fourth-order valence-corrected chi connectivity index (χ4v) is 1.76. The van der Waals surface area contributed by atoms with Crippen molar-refractivity contribution in [1.29, 1.82) is 0 Å². The lowest BCUT2D eigenvalue weighted by Crippen LogP contribution is -1.99. The van der Waals surface area contributed by atoms with E-state index in [4.69, 9.17) is 4.74 Å². The Kier molecular flexibility index (Phi) is 3.31. The number of rotatable bonds is 5. The minimum atomic E-state index is 0.674. The highest BCUT2D eigenvalue weighted by molar-refractivity contribution is 5.85. The molecular formula is C12H14N2O2. The minimum Gasteiger partial charge on any atom is -0.385 e. The first-order valence-corrected chi connectivity index (χ1v) is 5.26. The standard InChI is InChI=1S/C12H14N2O2/c1-16-7-3-5-12-13-8-11-10(9-15)4-2-6-14(11)12/h2,4,6,8-9H,3,5,7H2,1H3. The number of fused-ring (bicyclic) bond motifs is 1. The van der Waals surface area contributed by atoms with Gasteiger partial charge in [-0.05, 0) is 18.6 Å². The Labute approximate surface area is 93.9 Å². The largest absolute Gasteiger partial charge is 0.385 e. The monoisotopic (exact) mass is 218 g/mol. The molecule has 0 aliphatic heterocycles. The average molecular weight is 218 g/mol. The van der Waals surface area contributed by atoms with Crippen LogP contribution in [0.2, 0.25) is 0 Å². The van der Waals surface area contributed by atoms with Crippen molar-refractivity contribution in [3.63, 3.8) is 0 Å². The van der Waals surface area contributed by atoms with Crippen LogP contribution in [0.1, 0.15) is 22.6 Å². The number of nitrogens with zero attached hydrogens (tertiary/aromatic N) is 2. The Morgan fingerprint density at radius 1 is 1.56 bits per heavy atom. The Morgan fingerprint density at radius 3 is 3.19 bits per heavy atom. The van der Waals surface area contributed by atoms with Crippen molar-refractivity contribution in [3.8, 4) is 0 Å². The van der Waals surface area contributed by atoms with E-state index in [0.29, 0.717) is 5.56 Å². The van der Waals surface area contributed by atoms with E-state index in [-0.39, 0.29) is 0 Å². The van der Waals surface area contributed by atoms with Crippen LogP contribution in [0, 0.1) is 0 Å². The third kappa shape index (κ3) is 1.97. The molecule has 0 saturated carbocycles. The van der Waals surface area contributed by atoms with Gasteiger partial charge >= 0.3 is 0 Å². The molecule has 0 aliphatic rings. The van der Waals surface area contributed by atoms with Gasteiger partial charge in [-0.2, -0.15) is 0 Å². The van der Waals surface area contributed by atoms with Gasteiger partial charge in [-0.25, -0.2) is 4.98 Å². The summed E-state index contributed by atoms with van der Waals surface area (Å²) in [6, 6.07) is 3.65. The summed E-state index contributed by atoms with van der Waals surface area (Å²) in [6.45, 7) is 0.724. The third-order valence-corrected chi connectivity index (χ3v) is 2.56. The number of methoxy groups -OCH3 is 1. The van der Waals surface area contributed by atoms with Gasteiger partial charge in [0.2, 0.25) is 0 Å². The molecule has 2 aromatic heterocycles. The van der Waals surface area contributed by atoms with E-state index < -0.39 is 0 Å². The Bertz CT molecular complexity index is 491. The van der Waals surface area contributed by atoms with Crippen LogP contribution in [-0.4, -0.2) is 29.4 Å². The van der Waals surface area contributed by atoms with Gasteiger partial charge in [0.1, 0.15) is 5.82 Å². The van der Waals surface area contributed by atoms with Gasteiger partial charge in [-0.3, -0.25) is 4.79 Å². The first-order chi connectivity index (χ1) is 7.86. The fourth-order valence-electron chi connectivity index (χ4n) is 1.76. The zero-order valence-electron chi connectivity index (χ0n) is 9.22. The summed E-state index contributed by atoms with van der Waals surface area (Å²) in [7, 11) is 1.69. The molecule has 0 amide bonds. The topological polar surface area (TPSA) is 43.6 Å². The van der Waals surface area contributed by atoms with Crippen molar-refractivity contribution >= 4 is 11.8 Å². The molecule has 0 bridgehead atoms. The van der Waals surface area contributed by atoms with Crippen LogP contribution in [0.15, 0.2) is 24.5 Å². The first kappa shape index (κ1) is 10.8. The number of hydrogen-bond donors (Lipinski definition) is 0. The van der Waals surface area contributed by atoms with Crippen molar-refractivity contribution in [2.75, 3.05) is 13.7 Å². The number of aryl methyl sites for hydroxylation is 1. The lowest BCUT2D eigenvalue weighted by Gasteiger charge is -2.01. The van der Waals surface area contributed by atoms with E-state index >= 15 is 0 Å². The summed E-state index contributed by atoms with van der Waals surface area (Å²) in [4.78, 5) is 15.2. The molecule has 0 unspecified atom stereocenters. The number of carbonyl (C=O) groups excluding carboxylic acids is 1. The molecular weight excluding hydrogens is 204 g/mol. The molecule has 2 rings (SSSR count). The Balaban J connectivity index is 2.30. The van der Waals surface area contributed by atoms with E-state index in [9.17, 15) is 4.79 Å². The van der Waals surface area contributed by atoms with E-state index in [1.165, 1.54) is 0 Å². The normalized spacial score (nSPS) is 10.8. The van der Waals surface area contributed by atoms with Gasteiger partial charge in [0.15, 0.2) is 6.29 Å². The molecule has 0 spiro atoms. The summed E-state index contributed by atoms with van der Waals surface area (Å²) < 4.78 is 6.96. The Morgan fingerprint density at radius 2 is 2.44 bits per heavy atom. The fraction of sp³-hybridized carbons (Fsp3) is 0.333. The highest BCUT2D eigenvalue weighted by Gasteiger charge is 2.05. The van der Waals surface area contributed by atoms with Gasteiger partial charge in [0, 0.05) is 31.9 Å². The number of ether oxygens (including phenoxy) is 1. The molecule has 4 heteroatoms. The maximum atomic E-state index is 10.8. The van der Waals surface area contributed by atoms with Crippen LogP contribution in [0.25, 0.3) is 5.52 Å². The van der Waals surface area contributed by atoms with Crippen molar-refractivity contribution in [1.82, 2.24) is 9.38 Å². The summed E-state index contributed by atoms with van der Waals surface area (Å²) >= 11 is 0. The number of aromatic nitrogens is 2. The molecule has 0 fully saturated rings. The molecule has 84 valence electrons. The van der Waals surface area contributed by atoms with E-state index in [0.717, 1.165) is 37.1 Å². The molecule has 2 heterocycles. The van der Waals surface area contributed by atoms with Crippen LogP contribution >= 0.6 is 0 Å². The third-order valence-electron chi connectivity index (χ3n) is 2.56. The summed E-state index contributed by atoms with van der Waals surface area (Å²) in [6.07, 6.45) is 6.31. The van der Waals surface area contributed by atoms with Crippen LogP contribution in [0.5, 0.6) is 0 Å². The zero-order valence-corrected chi connectivity index (χ0v) is 9.22. The van der Waals surface area contributed by atoms with Crippen LogP contribution in [0.3, 0.4) is 0 Å². The van der Waals surface area contributed by atoms with Gasteiger partial charge in [0.25, 0.3) is 0 Å². The van der Waals surface area contributed by atoms with Gasteiger partial charge < -0.3 is 9.14 Å². The highest BCUT2D eigenvalue weighted by Crippen LogP contribution is 2.12. The van der Waals surface area contributed by atoms with Crippen LogP contribution in [-0.2, 0) is 11.2 Å². The number of hydrogen-bond acceptors (Lipinski definition) is 3. The van der Waals surface area contributed by atoms with Crippen molar-refractivity contribution in [2.45, 2.75) is 12.8 Å². The van der Waals surface area contributed by atoms with Gasteiger partial charge in [-0.1, -0.05) is 0 Å². The summed E-state index contributed by atoms with van der Waals surface area (Å²) in [5.41, 5.74) is 1.54. The molecule has 0 radical (unpaired) electrons. The maximum absolute atomic E-state index is 10.8. The molecule has 0 aliphatic carbocycles. The average Bonchev–Trinajstić information content (AvgIpc) is 2.73. The zero-order chi connectivity index (χ0) is 11.4. The number of aldehydes is 1. The minimum absolute atomic E-state index is 0.674. The lowest BCUT2D eigenvalue weighted by atomic mass is 10.2. The lowest BCUT2D eigenvalue weighted by molar-refractivity contribution is 0.112. The molecule has 2 aromatic rings. The predicted octanol–water partition coefficient (Wildman–Crippen LogP) is 1.73.